The van der Waals surface area contributed by atoms with Crippen molar-refractivity contribution in [3.8, 4) is 0 Å². The molecule has 2 heterocycles. The zero-order chi connectivity index (χ0) is 16.4. The Labute approximate surface area is 136 Å². The van der Waals surface area contributed by atoms with Crippen LogP contribution in [0.1, 0.15) is 41.3 Å². The standard InChI is InChI=1S/C19H23NO3/c1-13-5-6-16(14(2)12-13)18(17-4-3-11-23-17)20-9-7-15(8-10-20)19(21)22/h3-6,11-12,15,18H,7-10H2,1-2H3,(H,21,22). The molecule has 0 radical (unpaired) electrons. The third kappa shape index (κ3) is 3.32. The lowest BCUT2D eigenvalue weighted by atomic mass is 9.91. The Kier molecular flexibility index (Phi) is 4.53. The van der Waals surface area contributed by atoms with Crippen molar-refractivity contribution in [2.45, 2.75) is 32.7 Å². The minimum atomic E-state index is -0.675. The van der Waals surface area contributed by atoms with E-state index in [1.165, 1.54) is 16.7 Å². The quantitative estimate of drug-likeness (QED) is 0.933. The van der Waals surface area contributed by atoms with E-state index in [2.05, 4.69) is 36.9 Å². The number of rotatable bonds is 4. The maximum absolute atomic E-state index is 11.2. The summed E-state index contributed by atoms with van der Waals surface area (Å²) in [5.41, 5.74) is 3.72. The largest absolute Gasteiger partial charge is 0.481 e. The van der Waals surface area contributed by atoms with Gasteiger partial charge in [0, 0.05) is 0 Å². The first-order chi connectivity index (χ1) is 11.1. The SMILES string of the molecule is Cc1ccc(C(c2ccco2)N2CCC(C(=O)O)CC2)c(C)c1. The summed E-state index contributed by atoms with van der Waals surface area (Å²) < 4.78 is 5.70. The van der Waals surface area contributed by atoms with Gasteiger partial charge in [-0.1, -0.05) is 23.8 Å². The summed E-state index contributed by atoms with van der Waals surface area (Å²) in [5.74, 6) is 0.0269. The Morgan fingerprint density at radius 1 is 1.26 bits per heavy atom. The van der Waals surface area contributed by atoms with E-state index in [0.717, 1.165) is 18.8 Å². The van der Waals surface area contributed by atoms with E-state index < -0.39 is 5.97 Å². The van der Waals surface area contributed by atoms with Crippen LogP contribution in [-0.4, -0.2) is 29.1 Å². The fourth-order valence-electron chi connectivity index (χ4n) is 3.51. The van der Waals surface area contributed by atoms with Crippen molar-refractivity contribution >= 4 is 5.97 Å². The van der Waals surface area contributed by atoms with Crippen molar-refractivity contribution < 1.29 is 14.3 Å². The molecule has 23 heavy (non-hydrogen) atoms. The zero-order valence-corrected chi connectivity index (χ0v) is 13.7. The van der Waals surface area contributed by atoms with Gasteiger partial charge in [-0.2, -0.15) is 0 Å². The van der Waals surface area contributed by atoms with Gasteiger partial charge in [0.25, 0.3) is 0 Å². The van der Waals surface area contributed by atoms with Crippen LogP contribution >= 0.6 is 0 Å². The van der Waals surface area contributed by atoms with Gasteiger partial charge in [-0.15, -0.1) is 0 Å². The second-order valence-electron chi connectivity index (χ2n) is 6.43. The number of nitrogens with zero attached hydrogens (tertiary/aromatic N) is 1. The maximum Gasteiger partial charge on any atom is 0.306 e. The van der Waals surface area contributed by atoms with E-state index in [1.54, 1.807) is 6.26 Å². The molecule has 1 aromatic heterocycles. The second-order valence-corrected chi connectivity index (χ2v) is 6.43. The number of furan rings is 1. The molecule has 122 valence electrons. The van der Waals surface area contributed by atoms with Crippen molar-refractivity contribution in [3.05, 3.63) is 59.0 Å². The van der Waals surface area contributed by atoms with Crippen molar-refractivity contribution in [1.29, 1.82) is 0 Å². The number of carboxylic acids is 1. The van der Waals surface area contributed by atoms with E-state index in [4.69, 9.17) is 4.42 Å². The highest BCUT2D eigenvalue weighted by Gasteiger charge is 2.32. The third-order valence-electron chi connectivity index (χ3n) is 4.78. The molecule has 4 nitrogen and oxygen atoms in total. The van der Waals surface area contributed by atoms with Gasteiger partial charge >= 0.3 is 5.97 Å². The molecule has 1 atom stereocenters. The Balaban J connectivity index is 1.90. The lowest BCUT2D eigenvalue weighted by Gasteiger charge is -2.36. The van der Waals surface area contributed by atoms with Gasteiger partial charge in [0.05, 0.1) is 18.2 Å². The first-order valence-corrected chi connectivity index (χ1v) is 8.13. The molecule has 3 rings (SSSR count). The monoisotopic (exact) mass is 313 g/mol. The highest BCUT2D eigenvalue weighted by molar-refractivity contribution is 5.70. The van der Waals surface area contributed by atoms with E-state index in [0.29, 0.717) is 12.8 Å². The molecule has 1 aliphatic heterocycles. The summed E-state index contributed by atoms with van der Waals surface area (Å²) in [4.78, 5) is 13.5. The molecular weight excluding hydrogens is 290 g/mol. The lowest BCUT2D eigenvalue weighted by molar-refractivity contribution is -0.143. The summed E-state index contributed by atoms with van der Waals surface area (Å²) >= 11 is 0. The Hall–Kier alpha value is -2.07. The average molecular weight is 313 g/mol. The molecule has 1 saturated heterocycles. The molecule has 0 amide bonds. The molecule has 1 unspecified atom stereocenters. The summed E-state index contributed by atoms with van der Waals surface area (Å²) in [6.07, 6.45) is 3.09. The number of carbonyl (C=O) groups is 1. The molecule has 4 heteroatoms. The number of carboxylic acid groups (broad SMARTS) is 1. The van der Waals surface area contributed by atoms with Gasteiger partial charge < -0.3 is 9.52 Å². The Bertz CT molecular complexity index is 670. The molecule has 0 saturated carbocycles. The smallest absolute Gasteiger partial charge is 0.306 e. The molecule has 0 bridgehead atoms. The van der Waals surface area contributed by atoms with Crippen LogP contribution in [-0.2, 0) is 4.79 Å². The summed E-state index contributed by atoms with van der Waals surface area (Å²) in [7, 11) is 0. The van der Waals surface area contributed by atoms with Gasteiger partial charge in [0.1, 0.15) is 5.76 Å². The number of likely N-dealkylation sites (tertiary alicyclic amines) is 1. The van der Waals surface area contributed by atoms with Crippen LogP contribution in [0.15, 0.2) is 41.0 Å². The van der Waals surface area contributed by atoms with Gasteiger partial charge in [0.15, 0.2) is 0 Å². The van der Waals surface area contributed by atoms with Crippen LogP contribution in [0.4, 0.5) is 0 Å². The van der Waals surface area contributed by atoms with Gasteiger partial charge in [-0.05, 0) is 63.0 Å². The molecular formula is C19H23NO3. The van der Waals surface area contributed by atoms with Crippen molar-refractivity contribution in [2.24, 2.45) is 5.92 Å². The van der Waals surface area contributed by atoms with Crippen molar-refractivity contribution in [1.82, 2.24) is 4.90 Å². The topological polar surface area (TPSA) is 53.7 Å². The predicted molar refractivity (Wildman–Crippen MR) is 88.4 cm³/mol. The molecule has 0 spiro atoms. The van der Waals surface area contributed by atoms with E-state index >= 15 is 0 Å². The maximum atomic E-state index is 11.2. The summed E-state index contributed by atoms with van der Waals surface area (Å²) in [6, 6.07) is 10.5. The van der Waals surface area contributed by atoms with Crippen LogP contribution in [0, 0.1) is 19.8 Å². The van der Waals surface area contributed by atoms with Gasteiger partial charge in [-0.25, -0.2) is 0 Å². The average Bonchev–Trinajstić information content (AvgIpc) is 3.04. The van der Waals surface area contributed by atoms with Crippen molar-refractivity contribution in [2.75, 3.05) is 13.1 Å². The van der Waals surface area contributed by atoms with Crippen LogP contribution in [0.5, 0.6) is 0 Å². The fourth-order valence-corrected chi connectivity index (χ4v) is 3.51. The molecule has 1 N–H and O–H groups in total. The molecule has 2 aromatic rings. The van der Waals surface area contributed by atoms with E-state index in [9.17, 15) is 9.90 Å². The second kappa shape index (κ2) is 6.59. The lowest BCUT2D eigenvalue weighted by Crippen LogP contribution is -2.39. The Morgan fingerprint density at radius 3 is 2.57 bits per heavy atom. The first-order valence-electron chi connectivity index (χ1n) is 8.13. The third-order valence-corrected chi connectivity index (χ3v) is 4.78. The minimum Gasteiger partial charge on any atom is -0.481 e. The first kappa shape index (κ1) is 15.8. The number of hydrogen-bond acceptors (Lipinski definition) is 3. The molecule has 1 fully saturated rings. The number of aryl methyl sites for hydroxylation is 2. The fraction of sp³-hybridized carbons (Fsp3) is 0.421. The van der Waals surface area contributed by atoms with Crippen LogP contribution in [0.2, 0.25) is 0 Å². The normalized spacial score (nSPS) is 18.0. The number of piperidine rings is 1. The van der Waals surface area contributed by atoms with Crippen LogP contribution < -0.4 is 0 Å². The van der Waals surface area contributed by atoms with E-state index in [-0.39, 0.29) is 12.0 Å². The predicted octanol–water partition coefficient (Wildman–Crippen LogP) is 3.78. The zero-order valence-electron chi connectivity index (χ0n) is 13.7. The highest BCUT2D eigenvalue weighted by atomic mass is 16.4. The molecule has 1 aliphatic rings. The van der Waals surface area contributed by atoms with E-state index in [1.807, 2.05) is 12.1 Å². The van der Waals surface area contributed by atoms with Gasteiger partial charge in [0.2, 0.25) is 0 Å². The summed E-state index contributed by atoms with van der Waals surface area (Å²) in [5, 5.41) is 9.20. The number of hydrogen-bond donors (Lipinski definition) is 1. The molecule has 0 aliphatic carbocycles. The number of aliphatic carboxylic acids is 1. The Morgan fingerprint density at radius 2 is 2.00 bits per heavy atom. The van der Waals surface area contributed by atoms with Crippen LogP contribution in [0.3, 0.4) is 0 Å². The number of benzene rings is 1. The van der Waals surface area contributed by atoms with Crippen molar-refractivity contribution in [3.63, 3.8) is 0 Å². The van der Waals surface area contributed by atoms with Crippen LogP contribution in [0.25, 0.3) is 0 Å². The summed E-state index contributed by atoms with van der Waals surface area (Å²) in [6.45, 7) is 5.77. The minimum absolute atomic E-state index is 0.0559. The highest BCUT2D eigenvalue weighted by Crippen LogP contribution is 2.34. The van der Waals surface area contributed by atoms with Gasteiger partial charge in [-0.3, -0.25) is 9.69 Å². The molecule has 1 aromatic carbocycles.